The van der Waals surface area contributed by atoms with Gasteiger partial charge >= 0.3 is 5.97 Å². The Morgan fingerprint density at radius 2 is 2.00 bits per heavy atom. The lowest BCUT2D eigenvalue weighted by Gasteiger charge is -2.29. The van der Waals surface area contributed by atoms with Crippen molar-refractivity contribution in [2.24, 2.45) is 5.92 Å². The summed E-state index contributed by atoms with van der Waals surface area (Å²) >= 11 is 0. The van der Waals surface area contributed by atoms with Gasteiger partial charge in [-0.15, -0.1) is 0 Å². The van der Waals surface area contributed by atoms with Crippen LogP contribution in [0.4, 0.5) is 0 Å². The van der Waals surface area contributed by atoms with Crippen LogP contribution in [0.3, 0.4) is 0 Å². The van der Waals surface area contributed by atoms with E-state index in [1.807, 2.05) is 0 Å². The van der Waals surface area contributed by atoms with Crippen molar-refractivity contribution in [2.75, 3.05) is 19.6 Å². The lowest BCUT2D eigenvalue weighted by molar-refractivity contribution is -0.137. The molecule has 88 valence electrons. The van der Waals surface area contributed by atoms with Gasteiger partial charge in [-0.3, -0.25) is 4.79 Å². The van der Waals surface area contributed by atoms with Gasteiger partial charge in [-0.1, -0.05) is 13.3 Å². The van der Waals surface area contributed by atoms with Gasteiger partial charge in [-0.05, 0) is 44.7 Å². The SMILES string of the molecule is CC(CCCC(=O)O)CN1CCCCC1. The van der Waals surface area contributed by atoms with Crippen molar-refractivity contribution in [3.63, 3.8) is 0 Å². The minimum Gasteiger partial charge on any atom is -0.481 e. The van der Waals surface area contributed by atoms with Gasteiger partial charge in [0.2, 0.25) is 0 Å². The first kappa shape index (κ1) is 12.5. The van der Waals surface area contributed by atoms with Crippen LogP contribution in [-0.2, 0) is 4.79 Å². The molecule has 1 rings (SSSR count). The Labute approximate surface area is 92.5 Å². The number of piperidine rings is 1. The number of hydrogen-bond acceptors (Lipinski definition) is 2. The third kappa shape index (κ3) is 5.78. The molecule has 1 aliphatic rings. The number of aliphatic carboxylic acids is 1. The fourth-order valence-corrected chi connectivity index (χ4v) is 2.28. The minimum atomic E-state index is -0.667. The molecule has 0 bridgehead atoms. The summed E-state index contributed by atoms with van der Waals surface area (Å²) in [5.74, 6) is -0.0253. The van der Waals surface area contributed by atoms with Crippen LogP contribution in [0.1, 0.15) is 45.4 Å². The van der Waals surface area contributed by atoms with E-state index in [2.05, 4.69) is 11.8 Å². The number of rotatable bonds is 6. The van der Waals surface area contributed by atoms with Crippen LogP contribution in [0.5, 0.6) is 0 Å². The van der Waals surface area contributed by atoms with Crippen LogP contribution in [0.25, 0.3) is 0 Å². The summed E-state index contributed by atoms with van der Waals surface area (Å²) in [6, 6.07) is 0. The summed E-state index contributed by atoms with van der Waals surface area (Å²) in [6.07, 6.45) is 6.24. The Bertz CT molecular complexity index is 188. The van der Waals surface area contributed by atoms with Gasteiger partial charge in [0.1, 0.15) is 0 Å². The fraction of sp³-hybridized carbons (Fsp3) is 0.917. The van der Waals surface area contributed by atoms with E-state index in [0.29, 0.717) is 12.3 Å². The quantitative estimate of drug-likeness (QED) is 0.736. The van der Waals surface area contributed by atoms with Crippen molar-refractivity contribution in [2.45, 2.75) is 45.4 Å². The highest BCUT2D eigenvalue weighted by Gasteiger charge is 2.13. The predicted molar refractivity (Wildman–Crippen MR) is 60.9 cm³/mol. The fourth-order valence-electron chi connectivity index (χ4n) is 2.28. The molecule has 0 amide bonds. The van der Waals surface area contributed by atoms with Gasteiger partial charge in [-0.25, -0.2) is 0 Å². The maximum Gasteiger partial charge on any atom is 0.303 e. The van der Waals surface area contributed by atoms with Crippen molar-refractivity contribution < 1.29 is 9.90 Å². The second kappa shape index (κ2) is 6.83. The third-order valence-electron chi connectivity index (χ3n) is 3.11. The van der Waals surface area contributed by atoms with Crippen molar-refractivity contribution in [3.8, 4) is 0 Å². The van der Waals surface area contributed by atoms with Crippen LogP contribution in [-0.4, -0.2) is 35.6 Å². The molecule has 0 saturated carbocycles. The van der Waals surface area contributed by atoms with Crippen molar-refractivity contribution >= 4 is 5.97 Å². The lowest BCUT2D eigenvalue weighted by atomic mass is 10.0. The molecule has 0 aromatic heterocycles. The Balaban J connectivity index is 2.06. The summed E-state index contributed by atoms with van der Waals surface area (Å²) in [7, 11) is 0. The zero-order valence-corrected chi connectivity index (χ0v) is 9.74. The first-order chi connectivity index (χ1) is 7.18. The first-order valence-electron chi connectivity index (χ1n) is 6.12. The zero-order valence-electron chi connectivity index (χ0n) is 9.74. The van der Waals surface area contributed by atoms with Gasteiger partial charge < -0.3 is 10.0 Å². The van der Waals surface area contributed by atoms with E-state index in [0.717, 1.165) is 19.4 Å². The number of hydrogen-bond donors (Lipinski definition) is 1. The summed E-state index contributed by atoms with van der Waals surface area (Å²) < 4.78 is 0. The van der Waals surface area contributed by atoms with Crippen LogP contribution >= 0.6 is 0 Å². The molecular weight excluding hydrogens is 190 g/mol. The molecule has 0 radical (unpaired) electrons. The number of carbonyl (C=O) groups is 1. The van der Waals surface area contributed by atoms with E-state index in [1.54, 1.807) is 0 Å². The van der Waals surface area contributed by atoms with Crippen LogP contribution in [0, 0.1) is 5.92 Å². The van der Waals surface area contributed by atoms with E-state index in [-0.39, 0.29) is 0 Å². The summed E-state index contributed by atoms with van der Waals surface area (Å²) in [4.78, 5) is 12.9. The molecule has 0 aromatic carbocycles. The molecule has 3 heteroatoms. The maximum absolute atomic E-state index is 10.4. The topological polar surface area (TPSA) is 40.5 Å². The lowest BCUT2D eigenvalue weighted by Crippen LogP contribution is -2.33. The second-order valence-electron chi connectivity index (χ2n) is 4.75. The smallest absolute Gasteiger partial charge is 0.303 e. The number of carboxylic acids is 1. The highest BCUT2D eigenvalue weighted by Crippen LogP contribution is 2.14. The number of likely N-dealkylation sites (tertiary alicyclic amines) is 1. The maximum atomic E-state index is 10.4. The van der Waals surface area contributed by atoms with E-state index in [1.165, 1.54) is 32.4 Å². The molecule has 1 heterocycles. The third-order valence-corrected chi connectivity index (χ3v) is 3.11. The molecule has 1 aliphatic heterocycles. The molecule has 1 unspecified atom stereocenters. The van der Waals surface area contributed by atoms with Crippen molar-refractivity contribution in [1.82, 2.24) is 4.90 Å². The van der Waals surface area contributed by atoms with E-state index < -0.39 is 5.97 Å². The molecule has 3 nitrogen and oxygen atoms in total. The van der Waals surface area contributed by atoms with Crippen molar-refractivity contribution in [3.05, 3.63) is 0 Å². The van der Waals surface area contributed by atoms with Gasteiger partial charge in [0.25, 0.3) is 0 Å². The molecule has 1 atom stereocenters. The largest absolute Gasteiger partial charge is 0.481 e. The van der Waals surface area contributed by atoms with Gasteiger partial charge in [0.05, 0.1) is 0 Å². The number of carboxylic acid groups (broad SMARTS) is 1. The average Bonchev–Trinajstić information content (AvgIpc) is 2.18. The Kier molecular flexibility index (Phi) is 5.69. The normalized spacial score (nSPS) is 20.1. The minimum absolute atomic E-state index is 0.324. The van der Waals surface area contributed by atoms with Gasteiger partial charge in [-0.2, -0.15) is 0 Å². The molecule has 0 aromatic rings. The van der Waals surface area contributed by atoms with Crippen LogP contribution in [0.2, 0.25) is 0 Å². The van der Waals surface area contributed by atoms with E-state index in [4.69, 9.17) is 5.11 Å². The zero-order chi connectivity index (χ0) is 11.1. The van der Waals surface area contributed by atoms with Crippen molar-refractivity contribution in [1.29, 1.82) is 0 Å². The van der Waals surface area contributed by atoms with E-state index in [9.17, 15) is 4.79 Å². The Hall–Kier alpha value is -0.570. The average molecular weight is 213 g/mol. The highest BCUT2D eigenvalue weighted by atomic mass is 16.4. The molecule has 0 spiro atoms. The first-order valence-corrected chi connectivity index (χ1v) is 6.12. The van der Waals surface area contributed by atoms with Gasteiger partial charge in [0, 0.05) is 13.0 Å². The standard InChI is InChI=1S/C12H23NO2/c1-11(6-5-7-12(14)15)10-13-8-3-2-4-9-13/h11H,2-10H2,1H3,(H,14,15). The second-order valence-corrected chi connectivity index (χ2v) is 4.75. The summed E-state index contributed by atoms with van der Waals surface area (Å²) in [6.45, 7) is 5.86. The van der Waals surface area contributed by atoms with Gasteiger partial charge in [0.15, 0.2) is 0 Å². The monoisotopic (exact) mass is 213 g/mol. The number of nitrogens with zero attached hydrogens (tertiary/aromatic N) is 1. The Morgan fingerprint density at radius 1 is 1.33 bits per heavy atom. The van der Waals surface area contributed by atoms with Crippen LogP contribution in [0.15, 0.2) is 0 Å². The molecule has 1 N–H and O–H groups in total. The highest BCUT2D eigenvalue weighted by molar-refractivity contribution is 5.66. The molecule has 15 heavy (non-hydrogen) atoms. The van der Waals surface area contributed by atoms with E-state index >= 15 is 0 Å². The summed E-state index contributed by atoms with van der Waals surface area (Å²) in [5, 5.41) is 8.54. The Morgan fingerprint density at radius 3 is 2.60 bits per heavy atom. The predicted octanol–water partition coefficient (Wildman–Crippen LogP) is 2.36. The molecule has 1 fully saturated rings. The van der Waals surface area contributed by atoms with Crippen LogP contribution < -0.4 is 0 Å². The molecule has 1 saturated heterocycles. The summed E-state index contributed by atoms with van der Waals surface area (Å²) in [5.41, 5.74) is 0. The molecule has 0 aliphatic carbocycles. The molecular formula is C12H23NO2.